The Morgan fingerprint density at radius 1 is 0.386 bits per heavy atom. The number of hydrogen-bond donors (Lipinski definition) is 0. The van der Waals surface area contributed by atoms with E-state index in [1.807, 2.05) is 84.9 Å². The molecule has 0 aliphatic carbocycles. The number of benzene rings is 4. The van der Waals surface area contributed by atoms with Crippen molar-refractivity contribution in [1.29, 1.82) is 0 Å². The van der Waals surface area contributed by atoms with E-state index in [2.05, 4.69) is 82.2 Å². The summed E-state index contributed by atoms with van der Waals surface area (Å²) in [6, 6.07) is 36.0. The number of nitrogens with zero attached hydrogens (tertiary/aromatic N) is 6. The molecule has 0 spiro atoms. The normalized spacial score (nSPS) is 10.6. The Balaban J connectivity index is 0.000000193. The van der Waals surface area contributed by atoms with Crippen LogP contribution in [0.1, 0.15) is 27.7 Å². The Morgan fingerprint density at radius 2 is 0.659 bits per heavy atom. The van der Waals surface area contributed by atoms with Gasteiger partial charge in [0.15, 0.2) is 0 Å². The second-order valence-corrected chi connectivity index (χ2v) is 10.00. The molecule has 0 aliphatic rings. The highest BCUT2D eigenvalue weighted by Gasteiger charge is 2.12. The molecule has 2 aromatic heterocycles. The topological polar surface area (TPSA) is 84.3 Å². The summed E-state index contributed by atoms with van der Waals surface area (Å²) < 4.78 is 11.5. The van der Waals surface area contributed by atoms with Crippen LogP contribution < -0.4 is 9.80 Å². The van der Waals surface area contributed by atoms with E-state index in [1.54, 1.807) is 0 Å². The molecule has 0 saturated carbocycles. The Labute approximate surface area is 259 Å². The average molecular weight is 587 g/mol. The third-order valence-electron chi connectivity index (χ3n) is 7.38. The van der Waals surface area contributed by atoms with E-state index in [4.69, 9.17) is 8.83 Å². The summed E-state index contributed by atoms with van der Waals surface area (Å²) in [7, 11) is 0. The van der Waals surface area contributed by atoms with Gasteiger partial charge in [-0.05, 0) is 100 Å². The van der Waals surface area contributed by atoms with Crippen LogP contribution in [0.4, 0.5) is 11.4 Å². The van der Waals surface area contributed by atoms with E-state index in [1.165, 1.54) is 11.4 Å². The van der Waals surface area contributed by atoms with Crippen molar-refractivity contribution >= 4 is 11.4 Å². The van der Waals surface area contributed by atoms with Gasteiger partial charge in [0.1, 0.15) is 0 Å². The van der Waals surface area contributed by atoms with Crippen LogP contribution in [0.5, 0.6) is 0 Å². The van der Waals surface area contributed by atoms with Crippen LogP contribution in [-0.2, 0) is 0 Å². The smallest absolute Gasteiger partial charge is 0.248 e. The monoisotopic (exact) mass is 586 g/mol. The first-order valence-electron chi connectivity index (χ1n) is 15.1. The van der Waals surface area contributed by atoms with Gasteiger partial charge in [-0.1, -0.05) is 36.4 Å². The van der Waals surface area contributed by atoms with Gasteiger partial charge in [0.05, 0.1) is 0 Å². The van der Waals surface area contributed by atoms with Crippen molar-refractivity contribution in [2.45, 2.75) is 27.7 Å². The van der Waals surface area contributed by atoms with Crippen molar-refractivity contribution in [1.82, 2.24) is 20.4 Å². The van der Waals surface area contributed by atoms with Gasteiger partial charge in [-0.2, -0.15) is 0 Å². The molecule has 0 aliphatic heterocycles. The van der Waals surface area contributed by atoms with Gasteiger partial charge in [-0.3, -0.25) is 0 Å². The molecule has 4 aromatic carbocycles. The van der Waals surface area contributed by atoms with Gasteiger partial charge in [-0.25, -0.2) is 0 Å². The highest BCUT2D eigenvalue weighted by Crippen LogP contribution is 2.27. The average Bonchev–Trinajstić information content (AvgIpc) is 3.79. The quantitative estimate of drug-likeness (QED) is 0.158. The molecule has 224 valence electrons. The van der Waals surface area contributed by atoms with E-state index >= 15 is 0 Å². The second kappa shape index (κ2) is 14.8. The minimum atomic E-state index is 0.545. The van der Waals surface area contributed by atoms with E-state index in [9.17, 15) is 0 Å². The fourth-order valence-electron chi connectivity index (χ4n) is 4.88. The maximum atomic E-state index is 5.91. The largest absolute Gasteiger partial charge is 0.416 e. The summed E-state index contributed by atoms with van der Waals surface area (Å²) in [5, 5.41) is 16.5. The molecular formula is C36H38N6O2. The molecule has 0 fully saturated rings. The Morgan fingerprint density at radius 3 is 0.932 bits per heavy atom. The fraction of sp³-hybridized carbons (Fsp3) is 0.222. The predicted molar refractivity (Wildman–Crippen MR) is 177 cm³/mol. The lowest BCUT2D eigenvalue weighted by molar-refractivity contribution is 0.584. The predicted octanol–water partition coefficient (Wildman–Crippen LogP) is 8.50. The van der Waals surface area contributed by atoms with E-state index in [0.29, 0.717) is 23.6 Å². The molecule has 0 bridgehead atoms. The van der Waals surface area contributed by atoms with Gasteiger partial charge < -0.3 is 18.6 Å². The SMILES string of the molecule is CCN(CC)c1ccc(-c2nnc(-c3ccc(N(CC)CC)cc3)o2)cc1.c1ccc(-c2nnc(-c3ccccc3)o2)cc1. The van der Waals surface area contributed by atoms with E-state index < -0.39 is 0 Å². The van der Waals surface area contributed by atoms with Crippen LogP contribution in [0.3, 0.4) is 0 Å². The zero-order chi connectivity index (χ0) is 30.7. The minimum absolute atomic E-state index is 0.545. The molecule has 0 unspecified atom stereocenters. The van der Waals surface area contributed by atoms with Crippen LogP contribution in [0.15, 0.2) is 118 Å². The van der Waals surface area contributed by atoms with Crippen molar-refractivity contribution in [3.63, 3.8) is 0 Å². The molecule has 2 heterocycles. The minimum Gasteiger partial charge on any atom is -0.416 e. The summed E-state index contributed by atoms with van der Waals surface area (Å²) in [6.45, 7) is 12.6. The lowest BCUT2D eigenvalue weighted by atomic mass is 10.2. The van der Waals surface area contributed by atoms with Crippen LogP contribution in [0.25, 0.3) is 45.8 Å². The molecule has 0 amide bonds. The number of anilines is 2. The maximum absolute atomic E-state index is 5.91. The summed E-state index contributed by atoms with van der Waals surface area (Å²) >= 11 is 0. The number of hydrogen-bond acceptors (Lipinski definition) is 8. The van der Waals surface area contributed by atoms with Crippen molar-refractivity contribution < 1.29 is 8.83 Å². The molecule has 8 heteroatoms. The van der Waals surface area contributed by atoms with Gasteiger partial charge in [0, 0.05) is 59.8 Å². The van der Waals surface area contributed by atoms with Gasteiger partial charge in [-0.15, -0.1) is 20.4 Å². The lowest BCUT2D eigenvalue weighted by Crippen LogP contribution is -2.21. The number of aromatic nitrogens is 4. The zero-order valence-electron chi connectivity index (χ0n) is 25.7. The first kappa shape index (κ1) is 30.2. The second-order valence-electron chi connectivity index (χ2n) is 10.00. The first-order chi connectivity index (χ1) is 21.6. The summed E-state index contributed by atoms with van der Waals surface area (Å²) in [5.74, 6) is 2.18. The molecule has 0 atom stereocenters. The van der Waals surface area contributed by atoms with Crippen LogP contribution in [0.2, 0.25) is 0 Å². The molecule has 8 nitrogen and oxygen atoms in total. The van der Waals surface area contributed by atoms with Gasteiger partial charge >= 0.3 is 0 Å². The van der Waals surface area contributed by atoms with Crippen LogP contribution in [0, 0.1) is 0 Å². The van der Waals surface area contributed by atoms with Crippen LogP contribution >= 0.6 is 0 Å². The van der Waals surface area contributed by atoms with Crippen molar-refractivity contribution in [3.8, 4) is 45.8 Å². The van der Waals surface area contributed by atoms with Gasteiger partial charge in [0.25, 0.3) is 0 Å². The van der Waals surface area contributed by atoms with Crippen molar-refractivity contribution in [3.05, 3.63) is 109 Å². The molecular weight excluding hydrogens is 548 g/mol. The molecule has 0 N–H and O–H groups in total. The van der Waals surface area contributed by atoms with E-state index in [0.717, 1.165) is 48.4 Å². The summed E-state index contributed by atoms with van der Waals surface area (Å²) in [6.07, 6.45) is 0. The molecule has 6 aromatic rings. The molecule has 0 saturated heterocycles. The van der Waals surface area contributed by atoms with Crippen molar-refractivity contribution in [2.24, 2.45) is 0 Å². The summed E-state index contributed by atoms with van der Waals surface area (Å²) in [4.78, 5) is 4.61. The van der Waals surface area contributed by atoms with Crippen molar-refractivity contribution in [2.75, 3.05) is 36.0 Å². The fourth-order valence-corrected chi connectivity index (χ4v) is 4.88. The summed E-state index contributed by atoms with van der Waals surface area (Å²) in [5.41, 5.74) is 6.14. The highest BCUT2D eigenvalue weighted by molar-refractivity contribution is 5.63. The highest BCUT2D eigenvalue weighted by atomic mass is 16.4. The first-order valence-corrected chi connectivity index (χ1v) is 15.1. The Kier molecular flexibility index (Phi) is 10.2. The number of rotatable bonds is 10. The third-order valence-corrected chi connectivity index (χ3v) is 7.38. The Bertz CT molecular complexity index is 1570. The maximum Gasteiger partial charge on any atom is 0.248 e. The lowest BCUT2D eigenvalue weighted by Gasteiger charge is -2.20. The van der Waals surface area contributed by atoms with E-state index in [-0.39, 0.29) is 0 Å². The Hall–Kier alpha value is -5.24. The molecule has 6 rings (SSSR count). The van der Waals surface area contributed by atoms with Crippen LogP contribution in [-0.4, -0.2) is 46.6 Å². The zero-order valence-corrected chi connectivity index (χ0v) is 25.7. The van der Waals surface area contributed by atoms with Gasteiger partial charge in [0.2, 0.25) is 23.6 Å². The molecule has 44 heavy (non-hydrogen) atoms. The third kappa shape index (κ3) is 7.21. The standard InChI is InChI=1S/C22H28N4O.C14H10N2O/c1-5-25(6-2)19-13-9-17(10-14-19)21-23-24-22(27-21)18-11-15-20(16-12-18)26(7-3)8-4;1-3-7-11(8-4-1)13-15-16-14(17-13)12-9-5-2-6-10-12/h9-16H,5-8H2,1-4H3;1-10H. The molecule has 0 radical (unpaired) electrons.